The van der Waals surface area contributed by atoms with Crippen molar-refractivity contribution in [1.29, 1.82) is 0 Å². The van der Waals surface area contributed by atoms with Crippen LogP contribution in [0.1, 0.15) is 39.5 Å². The second-order valence-corrected chi connectivity index (χ2v) is 6.98. The normalized spacial score (nSPS) is 55.5. The summed E-state index contributed by atoms with van der Waals surface area (Å²) >= 11 is 0. The van der Waals surface area contributed by atoms with Gasteiger partial charge in [0, 0.05) is 0 Å². The number of hydrogen-bond donors (Lipinski definition) is 2. The van der Waals surface area contributed by atoms with Crippen LogP contribution in [0.3, 0.4) is 0 Å². The fourth-order valence-corrected chi connectivity index (χ4v) is 5.61. The minimum absolute atomic E-state index is 0.0704. The first-order valence-electron chi connectivity index (χ1n) is 6.86. The zero-order valence-corrected chi connectivity index (χ0v) is 10.8. The first-order valence-corrected chi connectivity index (χ1v) is 6.86. The Balaban J connectivity index is 1.94. The van der Waals surface area contributed by atoms with E-state index in [1.54, 1.807) is 0 Å². The largest absolute Gasteiger partial charge is 0.481 e. The van der Waals surface area contributed by atoms with Gasteiger partial charge >= 0.3 is 5.97 Å². The van der Waals surface area contributed by atoms with E-state index in [4.69, 9.17) is 10.8 Å². The number of rotatable bonds is 3. The zero-order valence-electron chi connectivity index (χ0n) is 10.8. The predicted molar refractivity (Wildman–Crippen MR) is 65.3 cm³/mol. The average Bonchev–Trinajstić information content (AvgIpc) is 2.43. The van der Waals surface area contributed by atoms with E-state index < -0.39 is 5.97 Å². The third-order valence-electron chi connectivity index (χ3n) is 6.66. The van der Waals surface area contributed by atoms with Gasteiger partial charge in [-0.3, -0.25) is 4.79 Å². The van der Waals surface area contributed by atoms with Crippen LogP contribution in [0.25, 0.3) is 0 Å². The molecule has 3 rings (SSSR count). The lowest BCUT2D eigenvalue weighted by atomic mass is 9.43. The number of hydrogen-bond acceptors (Lipinski definition) is 2. The van der Waals surface area contributed by atoms with E-state index in [9.17, 15) is 4.79 Å². The van der Waals surface area contributed by atoms with E-state index in [0.29, 0.717) is 23.8 Å². The third-order valence-corrected chi connectivity index (χ3v) is 6.66. The summed E-state index contributed by atoms with van der Waals surface area (Å²) in [6.07, 6.45) is 3.97. The predicted octanol–water partition coefficient (Wildman–Crippen LogP) is 2.11. The number of carboxylic acids is 1. The van der Waals surface area contributed by atoms with Crippen LogP contribution in [0.15, 0.2) is 0 Å². The molecule has 0 aromatic carbocycles. The fraction of sp³-hybridized carbons (Fsp3) is 0.929. The molecule has 0 aromatic heterocycles. The molecule has 3 fully saturated rings. The number of carbonyl (C=O) groups is 1. The molecule has 2 bridgehead atoms. The first kappa shape index (κ1) is 11.5. The van der Waals surface area contributed by atoms with E-state index in [-0.39, 0.29) is 11.8 Å². The lowest BCUT2D eigenvalue weighted by molar-refractivity contribution is -0.162. The molecule has 0 aromatic rings. The maximum absolute atomic E-state index is 11.1. The Bertz CT molecular complexity index is 369. The molecular formula is C14H23NO2. The molecule has 3 N–H and O–H groups in total. The minimum Gasteiger partial charge on any atom is -0.481 e. The first-order chi connectivity index (χ1) is 7.94. The summed E-state index contributed by atoms with van der Waals surface area (Å²) < 4.78 is 0. The van der Waals surface area contributed by atoms with Gasteiger partial charge in [0.05, 0.1) is 6.42 Å². The van der Waals surface area contributed by atoms with Crippen LogP contribution >= 0.6 is 0 Å². The van der Waals surface area contributed by atoms with Gasteiger partial charge in [-0.05, 0) is 60.3 Å². The summed E-state index contributed by atoms with van der Waals surface area (Å²) in [6.45, 7) is 5.33. The van der Waals surface area contributed by atoms with Crippen LogP contribution in [-0.4, -0.2) is 17.6 Å². The van der Waals surface area contributed by atoms with Crippen molar-refractivity contribution in [3.8, 4) is 0 Å². The summed E-state index contributed by atoms with van der Waals surface area (Å²) in [5, 5.41) is 9.17. The number of carboxylic acid groups (broad SMARTS) is 1. The molecule has 0 saturated heterocycles. The van der Waals surface area contributed by atoms with Crippen molar-refractivity contribution in [3.63, 3.8) is 0 Å². The van der Waals surface area contributed by atoms with Crippen LogP contribution in [0.2, 0.25) is 0 Å². The summed E-state index contributed by atoms with van der Waals surface area (Å²) in [5.41, 5.74) is 6.37. The Kier molecular flexibility index (Phi) is 2.20. The molecule has 3 nitrogen and oxygen atoms in total. The molecule has 3 heteroatoms. The number of aliphatic carboxylic acids is 1. The second kappa shape index (κ2) is 3.25. The third kappa shape index (κ3) is 1.19. The van der Waals surface area contributed by atoms with Crippen molar-refractivity contribution in [2.75, 3.05) is 6.54 Å². The maximum atomic E-state index is 11.1. The highest BCUT2D eigenvalue weighted by Crippen LogP contribution is 2.75. The fourth-order valence-electron chi connectivity index (χ4n) is 5.61. The van der Waals surface area contributed by atoms with Crippen molar-refractivity contribution < 1.29 is 9.90 Å². The summed E-state index contributed by atoms with van der Waals surface area (Å²) in [4.78, 5) is 11.1. The Labute approximate surface area is 103 Å². The van der Waals surface area contributed by atoms with Crippen molar-refractivity contribution in [1.82, 2.24) is 0 Å². The van der Waals surface area contributed by atoms with Gasteiger partial charge in [0.1, 0.15) is 0 Å². The van der Waals surface area contributed by atoms with Crippen molar-refractivity contribution >= 4 is 5.97 Å². The Morgan fingerprint density at radius 2 is 2.18 bits per heavy atom. The van der Waals surface area contributed by atoms with E-state index >= 15 is 0 Å². The molecule has 3 aliphatic carbocycles. The van der Waals surface area contributed by atoms with E-state index in [1.165, 1.54) is 19.3 Å². The molecule has 0 heterocycles. The topological polar surface area (TPSA) is 63.3 Å². The highest BCUT2D eigenvalue weighted by atomic mass is 16.4. The van der Waals surface area contributed by atoms with Gasteiger partial charge in [-0.25, -0.2) is 0 Å². The molecular weight excluding hydrogens is 214 g/mol. The van der Waals surface area contributed by atoms with E-state index in [1.807, 2.05) is 0 Å². The highest BCUT2D eigenvalue weighted by Gasteiger charge is 2.71. The Morgan fingerprint density at radius 3 is 2.76 bits per heavy atom. The van der Waals surface area contributed by atoms with Gasteiger partial charge in [0.25, 0.3) is 0 Å². The van der Waals surface area contributed by atoms with Gasteiger partial charge in [-0.1, -0.05) is 13.8 Å². The van der Waals surface area contributed by atoms with Gasteiger partial charge < -0.3 is 10.8 Å². The van der Waals surface area contributed by atoms with Gasteiger partial charge in [0.2, 0.25) is 0 Å². The number of fused-ring (bicyclic) bond motifs is 1. The number of nitrogens with two attached hydrogens (primary N) is 1. The van der Waals surface area contributed by atoms with Crippen LogP contribution in [-0.2, 0) is 4.79 Å². The SMILES string of the molecule is CC1C2C3CCC1(C)CC2C3(CN)CC(=O)O. The Hall–Kier alpha value is -0.570. The van der Waals surface area contributed by atoms with Crippen LogP contribution in [0, 0.1) is 34.5 Å². The standard InChI is InChI=1S/C14H23NO2/c1-8-12-9-3-4-13(8,2)5-10(12)14(9,7-15)6-11(16)17/h8-10,12H,3-7,15H2,1-2H3,(H,16,17). The molecule has 0 radical (unpaired) electrons. The minimum atomic E-state index is -0.665. The molecule has 96 valence electrons. The second-order valence-electron chi connectivity index (χ2n) is 6.98. The molecule has 6 unspecified atom stereocenters. The molecule has 17 heavy (non-hydrogen) atoms. The van der Waals surface area contributed by atoms with Gasteiger partial charge in [-0.15, -0.1) is 0 Å². The van der Waals surface area contributed by atoms with Crippen LogP contribution < -0.4 is 5.73 Å². The van der Waals surface area contributed by atoms with Crippen molar-refractivity contribution in [2.45, 2.75) is 39.5 Å². The van der Waals surface area contributed by atoms with Crippen molar-refractivity contribution in [2.24, 2.45) is 40.2 Å². The molecule has 0 spiro atoms. The maximum Gasteiger partial charge on any atom is 0.303 e. The molecule has 3 saturated carbocycles. The van der Waals surface area contributed by atoms with Crippen LogP contribution in [0.5, 0.6) is 0 Å². The lowest BCUT2D eigenvalue weighted by Gasteiger charge is -2.61. The molecule has 0 aliphatic heterocycles. The van der Waals surface area contributed by atoms with E-state index in [2.05, 4.69) is 13.8 Å². The zero-order chi connectivity index (χ0) is 12.4. The summed E-state index contributed by atoms with van der Waals surface area (Å²) in [5.74, 6) is 2.02. The highest BCUT2D eigenvalue weighted by molar-refractivity contribution is 5.68. The summed E-state index contributed by atoms with van der Waals surface area (Å²) in [7, 11) is 0. The lowest BCUT2D eigenvalue weighted by Crippen LogP contribution is -2.61. The molecule has 6 atom stereocenters. The molecule has 3 aliphatic rings. The quantitative estimate of drug-likeness (QED) is 0.790. The van der Waals surface area contributed by atoms with Crippen molar-refractivity contribution in [3.05, 3.63) is 0 Å². The van der Waals surface area contributed by atoms with Gasteiger partial charge in [-0.2, -0.15) is 0 Å². The smallest absolute Gasteiger partial charge is 0.303 e. The average molecular weight is 237 g/mol. The Morgan fingerprint density at radius 1 is 1.47 bits per heavy atom. The van der Waals surface area contributed by atoms with Crippen LogP contribution in [0.4, 0.5) is 0 Å². The molecule has 0 amide bonds. The summed E-state index contributed by atoms with van der Waals surface area (Å²) in [6, 6.07) is 0. The van der Waals surface area contributed by atoms with E-state index in [0.717, 1.165) is 11.8 Å². The van der Waals surface area contributed by atoms with Gasteiger partial charge in [0.15, 0.2) is 0 Å². The monoisotopic (exact) mass is 237 g/mol.